The fraction of sp³-hybridized carbons (Fsp3) is 0.533. The monoisotopic (exact) mass is 311 g/mol. The van der Waals surface area contributed by atoms with Crippen molar-refractivity contribution in [2.24, 2.45) is 0 Å². The van der Waals surface area contributed by atoms with Crippen LogP contribution in [0, 0.1) is 6.92 Å². The Labute approximate surface area is 126 Å². The van der Waals surface area contributed by atoms with E-state index in [1.807, 2.05) is 13.0 Å². The molecule has 1 fully saturated rings. The van der Waals surface area contributed by atoms with Gasteiger partial charge >= 0.3 is 5.97 Å². The quantitative estimate of drug-likeness (QED) is 0.799. The molecule has 1 aliphatic heterocycles. The lowest BCUT2D eigenvalue weighted by atomic mass is 10.1. The van der Waals surface area contributed by atoms with E-state index in [-0.39, 0.29) is 11.5 Å². The van der Waals surface area contributed by atoms with Gasteiger partial charge < -0.3 is 4.74 Å². The van der Waals surface area contributed by atoms with Crippen molar-refractivity contribution in [1.29, 1.82) is 0 Å². The van der Waals surface area contributed by atoms with Crippen molar-refractivity contribution in [3.05, 3.63) is 29.8 Å². The largest absolute Gasteiger partial charge is 0.465 e. The van der Waals surface area contributed by atoms with Gasteiger partial charge in [0.25, 0.3) is 0 Å². The van der Waals surface area contributed by atoms with Crippen LogP contribution >= 0.6 is 0 Å². The Morgan fingerprint density at radius 3 is 2.81 bits per heavy atom. The van der Waals surface area contributed by atoms with Crippen molar-refractivity contribution >= 4 is 16.0 Å². The number of sulfonamides is 1. The van der Waals surface area contributed by atoms with Crippen LogP contribution in [0.3, 0.4) is 0 Å². The number of aryl methyl sites for hydroxylation is 1. The molecule has 0 amide bonds. The molecule has 0 aliphatic carbocycles. The van der Waals surface area contributed by atoms with Crippen LogP contribution in [0.5, 0.6) is 0 Å². The first-order valence-electron chi connectivity index (χ1n) is 7.22. The fourth-order valence-electron chi connectivity index (χ4n) is 2.58. The summed E-state index contributed by atoms with van der Waals surface area (Å²) in [5, 5.41) is 0. The van der Waals surface area contributed by atoms with Crippen LogP contribution in [0.2, 0.25) is 0 Å². The zero-order valence-corrected chi connectivity index (χ0v) is 13.2. The second kappa shape index (κ2) is 6.58. The third-order valence-corrected chi connectivity index (χ3v) is 5.51. The van der Waals surface area contributed by atoms with Crippen molar-refractivity contribution in [2.75, 3.05) is 13.2 Å². The Kier molecular flexibility index (Phi) is 5.00. The lowest BCUT2D eigenvalue weighted by molar-refractivity contribution is -0.148. The van der Waals surface area contributed by atoms with Gasteiger partial charge in [0.15, 0.2) is 0 Å². The average Bonchev–Trinajstić information content (AvgIpc) is 2.47. The van der Waals surface area contributed by atoms with Crippen molar-refractivity contribution in [1.82, 2.24) is 4.31 Å². The van der Waals surface area contributed by atoms with Gasteiger partial charge in [0.05, 0.1) is 11.5 Å². The number of ether oxygens (including phenoxy) is 1. The van der Waals surface area contributed by atoms with Gasteiger partial charge in [-0.15, -0.1) is 0 Å². The molecule has 2 rings (SSSR count). The molecule has 0 aromatic heterocycles. The number of hydrogen-bond acceptors (Lipinski definition) is 4. The van der Waals surface area contributed by atoms with Gasteiger partial charge in [-0.1, -0.05) is 12.1 Å². The molecule has 1 heterocycles. The van der Waals surface area contributed by atoms with Gasteiger partial charge in [0.1, 0.15) is 6.04 Å². The number of hydrogen-bond donors (Lipinski definition) is 0. The smallest absolute Gasteiger partial charge is 0.324 e. The van der Waals surface area contributed by atoms with Gasteiger partial charge in [0, 0.05) is 6.54 Å². The maximum absolute atomic E-state index is 12.8. The second-order valence-electron chi connectivity index (χ2n) is 5.20. The molecule has 1 unspecified atom stereocenters. The number of nitrogens with zero attached hydrogens (tertiary/aromatic N) is 1. The Balaban J connectivity index is 2.34. The standard InChI is InChI=1S/C15H21NO4S/c1-3-20-15(17)14-9-4-5-10-16(14)21(18,19)13-8-6-7-12(2)11-13/h6-8,11,14H,3-5,9-10H2,1-2H3. The normalized spacial score (nSPS) is 20.2. The zero-order valence-electron chi connectivity index (χ0n) is 12.4. The molecule has 0 radical (unpaired) electrons. The summed E-state index contributed by atoms with van der Waals surface area (Å²) in [7, 11) is -3.66. The van der Waals surface area contributed by atoms with Gasteiger partial charge in [-0.3, -0.25) is 4.79 Å². The summed E-state index contributed by atoms with van der Waals surface area (Å²) in [5.41, 5.74) is 0.876. The van der Waals surface area contributed by atoms with E-state index < -0.39 is 22.0 Å². The predicted molar refractivity (Wildman–Crippen MR) is 79.3 cm³/mol. The van der Waals surface area contributed by atoms with Crippen LogP contribution < -0.4 is 0 Å². The van der Waals surface area contributed by atoms with Gasteiger partial charge in [-0.25, -0.2) is 8.42 Å². The lowest BCUT2D eigenvalue weighted by Crippen LogP contribution is -2.48. The lowest BCUT2D eigenvalue weighted by Gasteiger charge is -2.33. The molecule has 1 aliphatic rings. The van der Waals surface area contributed by atoms with Crippen LogP contribution in [-0.2, 0) is 19.6 Å². The Bertz CT molecular complexity index is 612. The maximum atomic E-state index is 12.8. The highest BCUT2D eigenvalue weighted by molar-refractivity contribution is 7.89. The van der Waals surface area contributed by atoms with Crippen LogP contribution in [0.15, 0.2) is 29.2 Å². The minimum atomic E-state index is -3.66. The summed E-state index contributed by atoms with van der Waals surface area (Å²) in [6, 6.07) is 6.05. The highest BCUT2D eigenvalue weighted by atomic mass is 32.2. The Morgan fingerprint density at radius 2 is 2.14 bits per heavy atom. The number of esters is 1. The summed E-state index contributed by atoms with van der Waals surface area (Å²) in [5.74, 6) is -0.451. The number of carbonyl (C=O) groups is 1. The molecule has 116 valence electrons. The summed E-state index contributed by atoms with van der Waals surface area (Å²) in [4.78, 5) is 12.3. The third kappa shape index (κ3) is 3.44. The van der Waals surface area contributed by atoms with E-state index in [0.29, 0.717) is 13.0 Å². The first kappa shape index (κ1) is 16.0. The minimum Gasteiger partial charge on any atom is -0.465 e. The van der Waals surface area contributed by atoms with E-state index in [1.54, 1.807) is 25.1 Å². The van der Waals surface area contributed by atoms with Crippen LogP contribution in [-0.4, -0.2) is 37.9 Å². The second-order valence-corrected chi connectivity index (χ2v) is 7.09. The number of rotatable bonds is 4. The fourth-order valence-corrected chi connectivity index (χ4v) is 4.33. The molecule has 1 aromatic rings. The number of benzene rings is 1. The van der Waals surface area contributed by atoms with E-state index in [4.69, 9.17) is 4.74 Å². The summed E-state index contributed by atoms with van der Waals surface area (Å²) in [6.45, 7) is 4.19. The molecule has 1 atom stereocenters. The molecular formula is C15H21NO4S. The number of piperidine rings is 1. The van der Waals surface area contributed by atoms with E-state index >= 15 is 0 Å². The summed E-state index contributed by atoms with van der Waals surface area (Å²) >= 11 is 0. The van der Waals surface area contributed by atoms with E-state index in [9.17, 15) is 13.2 Å². The van der Waals surface area contributed by atoms with E-state index in [1.165, 1.54) is 4.31 Å². The zero-order chi connectivity index (χ0) is 15.5. The molecule has 0 spiro atoms. The molecule has 0 bridgehead atoms. The molecule has 1 saturated heterocycles. The summed E-state index contributed by atoms with van der Waals surface area (Å²) < 4.78 is 31.9. The van der Waals surface area contributed by atoms with Crippen LogP contribution in [0.25, 0.3) is 0 Å². The first-order chi connectivity index (χ1) is 9.96. The Hall–Kier alpha value is -1.40. The van der Waals surface area contributed by atoms with Crippen molar-refractivity contribution in [2.45, 2.75) is 44.0 Å². The van der Waals surface area contributed by atoms with Gasteiger partial charge in [-0.05, 0) is 50.8 Å². The molecule has 5 nitrogen and oxygen atoms in total. The summed E-state index contributed by atoms with van der Waals surface area (Å²) in [6.07, 6.45) is 2.12. The first-order valence-corrected chi connectivity index (χ1v) is 8.66. The predicted octanol–water partition coefficient (Wildman–Crippen LogP) is 2.10. The molecule has 0 N–H and O–H groups in total. The minimum absolute atomic E-state index is 0.235. The van der Waals surface area contributed by atoms with E-state index in [0.717, 1.165) is 18.4 Å². The molecule has 21 heavy (non-hydrogen) atoms. The van der Waals surface area contributed by atoms with Gasteiger partial charge in [-0.2, -0.15) is 4.31 Å². The molecular weight excluding hydrogens is 290 g/mol. The van der Waals surface area contributed by atoms with Crippen molar-refractivity contribution in [3.8, 4) is 0 Å². The van der Waals surface area contributed by atoms with Gasteiger partial charge in [0.2, 0.25) is 10.0 Å². The highest BCUT2D eigenvalue weighted by Gasteiger charge is 2.38. The molecule has 6 heteroatoms. The number of carbonyl (C=O) groups excluding carboxylic acids is 1. The highest BCUT2D eigenvalue weighted by Crippen LogP contribution is 2.26. The molecule has 1 aromatic carbocycles. The van der Waals surface area contributed by atoms with Crippen LogP contribution in [0.1, 0.15) is 31.7 Å². The van der Waals surface area contributed by atoms with Crippen molar-refractivity contribution in [3.63, 3.8) is 0 Å². The van der Waals surface area contributed by atoms with Crippen LogP contribution in [0.4, 0.5) is 0 Å². The topological polar surface area (TPSA) is 63.7 Å². The van der Waals surface area contributed by atoms with E-state index in [2.05, 4.69) is 0 Å². The Morgan fingerprint density at radius 1 is 1.38 bits per heavy atom. The average molecular weight is 311 g/mol. The maximum Gasteiger partial charge on any atom is 0.324 e. The molecule has 0 saturated carbocycles. The van der Waals surface area contributed by atoms with Crippen molar-refractivity contribution < 1.29 is 17.9 Å². The third-order valence-electron chi connectivity index (χ3n) is 3.61. The SMILES string of the molecule is CCOC(=O)C1CCCCN1S(=O)(=O)c1cccc(C)c1.